The molecule has 11 N–H and O–H groups in total. The first-order chi connectivity index (χ1) is 20.1. The van der Waals surface area contributed by atoms with Crippen LogP contribution < -0.4 is 27.4 Å². The minimum Gasteiger partial charge on any atom is -0.481 e. The summed E-state index contributed by atoms with van der Waals surface area (Å²) in [6.45, 7) is 0.346. The Balaban J connectivity index is 1.78. The van der Waals surface area contributed by atoms with Gasteiger partial charge in [-0.25, -0.2) is 9.78 Å². The molecular weight excluding hydrogens is 548 g/mol. The van der Waals surface area contributed by atoms with E-state index in [4.69, 9.17) is 16.6 Å². The molecule has 42 heavy (non-hydrogen) atoms. The Hall–Kier alpha value is -4.76. The maximum Gasteiger partial charge on any atom is 0.326 e. The number of unbranched alkanes of at least 4 members (excludes halogenated alkanes) is 1. The Morgan fingerprint density at radius 2 is 1.57 bits per heavy atom. The van der Waals surface area contributed by atoms with Gasteiger partial charge in [0.15, 0.2) is 0 Å². The van der Waals surface area contributed by atoms with Crippen LogP contribution in [0.2, 0.25) is 0 Å². The number of imidazole rings is 1. The minimum atomic E-state index is -1.39. The van der Waals surface area contributed by atoms with Crippen molar-refractivity contribution in [1.82, 2.24) is 30.9 Å². The van der Waals surface area contributed by atoms with Gasteiger partial charge >= 0.3 is 11.9 Å². The van der Waals surface area contributed by atoms with Gasteiger partial charge in [0.25, 0.3) is 0 Å². The van der Waals surface area contributed by atoms with E-state index in [1.165, 1.54) is 12.5 Å². The van der Waals surface area contributed by atoms with E-state index in [-0.39, 0.29) is 19.3 Å². The lowest BCUT2D eigenvalue weighted by Crippen LogP contribution is -2.58. The number of carbonyl (C=O) groups is 5. The van der Waals surface area contributed by atoms with Gasteiger partial charge in [-0.15, -0.1) is 0 Å². The molecule has 1 aromatic carbocycles. The number of aromatic amines is 2. The monoisotopic (exact) mass is 584 g/mol. The number of carboxylic acid groups (broad SMARTS) is 2. The summed E-state index contributed by atoms with van der Waals surface area (Å²) in [5.74, 6) is -4.88. The molecule has 0 aliphatic carbocycles. The van der Waals surface area contributed by atoms with Crippen molar-refractivity contribution in [2.24, 2.45) is 11.5 Å². The van der Waals surface area contributed by atoms with Gasteiger partial charge in [0.05, 0.1) is 18.8 Å². The van der Waals surface area contributed by atoms with Gasteiger partial charge in [0.2, 0.25) is 17.7 Å². The van der Waals surface area contributed by atoms with Gasteiger partial charge in [-0.05, 0) is 37.4 Å². The highest BCUT2D eigenvalue weighted by Crippen LogP contribution is 2.19. The maximum absolute atomic E-state index is 13.4. The summed E-state index contributed by atoms with van der Waals surface area (Å²) in [7, 11) is 0. The fourth-order valence-electron chi connectivity index (χ4n) is 4.41. The molecule has 0 fully saturated rings. The lowest BCUT2D eigenvalue weighted by molar-refractivity contribution is -0.142. The Morgan fingerprint density at radius 3 is 2.24 bits per heavy atom. The Kier molecular flexibility index (Phi) is 11.6. The number of fused-ring (bicyclic) bond motifs is 1. The normalized spacial score (nSPS) is 14.0. The molecule has 4 unspecified atom stereocenters. The highest BCUT2D eigenvalue weighted by atomic mass is 16.4. The molecule has 3 rings (SSSR count). The predicted octanol–water partition coefficient (Wildman–Crippen LogP) is -0.854. The number of H-pyrrole nitrogens is 2. The van der Waals surface area contributed by atoms with Crippen LogP contribution in [0.5, 0.6) is 0 Å². The van der Waals surface area contributed by atoms with E-state index >= 15 is 0 Å². The number of hydrogen-bond acceptors (Lipinski definition) is 8. The van der Waals surface area contributed by atoms with E-state index in [2.05, 4.69) is 30.9 Å². The number of nitrogens with two attached hydrogens (primary N) is 2. The Labute approximate surface area is 240 Å². The largest absolute Gasteiger partial charge is 0.481 e. The molecule has 0 radical (unpaired) electrons. The quantitative estimate of drug-likeness (QED) is 0.0887. The second-order valence-electron chi connectivity index (χ2n) is 9.86. The van der Waals surface area contributed by atoms with Crippen molar-refractivity contribution in [2.75, 3.05) is 6.54 Å². The van der Waals surface area contributed by atoms with Crippen molar-refractivity contribution in [3.05, 3.63) is 54.2 Å². The number of rotatable bonds is 17. The third kappa shape index (κ3) is 9.14. The molecule has 0 saturated heterocycles. The number of nitrogens with one attached hydrogen (secondary N) is 5. The lowest BCUT2D eigenvalue weighted by Gasteiger charge is -2.25. The van der Waals surface area contributed by atoms with Crippen LogP contribution in [0.4, 0.5) is 0 Å². The van der Waals surface area contributed by atoms with Crippen LogP contribution in [0.25, 0.3) is 10.9 Å². The van der Waals surface area contributed by atoms with Gasteiger partial charge in [0, 0.05) is 41.8 Å². The highest BCUT2D eigenvalue weighted by molar-refractivity contribution is 5.95. The second-order valence-corrected chi connectivity index (χ2v) is 9.86. The molecule has 226 valence electrons. The number of aromatic nitrogens is 3. The molecule has 3 amide bonds. The fraction of sp³-hybridized carbons (Fsp3) is 0.407. The molecule has 0 aliphatic heterocycles. The van der Waals surface area contributed by atoms with Gasteiger partial charge < -0.3 is 47.6 Å². The van der Waals surface area contributed by atoms with Crippen molar-refractivity contribution in [3.8, 4) is 0 Å². The number of carbonyl (C=O) groups excluding carboxylic acids is 3. The Morgan fingerprint density at radius 1 is 0.881 bits per heavy atom. The van der Waals surface area contributed by atoms with Crippen LogP contribution >= 0.6 is 0 Å². The van der Waals surface area contributed by atoms with Crippen LogP contribution in [0.1, 0.15) is 36.9 Å². The van der Waals surface area contributed by atoms with Gasteiger partial charge in [0.1, 0.15) is 18.1 Å². The van der Waals surface area contributed by atoms with E-state index in [1.807, 2.05) is 24.3 Å². The molecule has 0 spiro atoms. The van der Waals surface area contributed by atoms with E-state index in [0.717, 1.165) is 10.9 Å². The minimum absolute atomic E-state index is 0.0188. The first-order valence-electron chi connectivity index (χ1n) is 13.4. The van der Waals surface area contributed by atoms with Gasteiger partial charge in [-0.1, -0.05) is 18.2 Å². The number of aliphatic carboxylic acids is 2. The van der Waals surface area contributed by atoms with Crippen LogP contribution in [0.3, 0.4) is 0 Å². The molecule has 15 nitrogen and oxygen atoms in total. The first-order valence-corrected chi connectivity index (χ1v) is 13.4. The van der Waals surface area contributed by atoms with Crippen molar-refractivity contribution < 1.29 is 34.2 Å². The first kappa shape index (κ1) is 31.8. The number of carboxylic acids is 2. The van der Waals surface area contributed by atoms with Crippen molar-refractivity contribution >= 4 is 40.6 Å². The summed E-state index contributed by atoms with van der Waals surface area (Å²) in [6.07, 6.45) is 4.96. The van der Waals surface area contributed by atoms with Crippen LogP contribution in [0, 0.1) is 0 Å². The molecule has 15 heteroatoms. The molecule has 4 atom stereocenters. The smallest absolute Gasteiger partial charge is 0.326 e. The zero-order valence-electron chi connectivity index (χ0n) is 22.8. The molecule has 0 aliphatic rings. The van der Waals surface area contributed by atoms with Crippen LogP contribution in [-0.2, 0) is 36.8 Å². The van der Waals surface area contributed by atoms with Crippen molar-refractivity contribution in [1.29, 1.82) is 0 Å². The molecular formula is C27H36N8O7. The molecule has 0 bridgehead atoms. The predicted molar refractivity (Wildman–Crippen MR) is 151 cm³/mol. The van der Waals surface area contributed by atoms with Crippen LogP contribution in [-0.4, -0.2) is 85.5 Å². The number of amides is 3. The number of nitrogens with zero attached hydrogens (tertiary/aromatic N) is 1. The zero-order valence-corrected chi connectivity index (χ0v) is 22.8. The number of hydrogen-bond donors (Lipinski definition) is 9. The summed E-state index contributed by atoms with van der Waals surface area (Å²) >= 11 is 0. The molecule has 0 saturated carbocycles. The highest BCUT2D eigenvalue weighted by Gasteiger charge is 2.31. The third-order valence-electron chi connectivity index (χ3n) is 6.64. The average Bonchev–Trinajstić information content (AvgIpc) is 3.61. The standard InChI is InChI=1S/C27H36N8O7/c28-8-4-3-7-20(33-24(38)18(29)11-23(36)37)25(39)34-21(10-16-13-30-14-32-16)26(40)35-22(27(41)42)9-15-12-31-19-6-2-1-5-17(15)19/h1-2,5-6,12-14,18,20-22,31H,3-4,7-11,28-29H2,(H,30,32)(H,33,38)(H,34,39)(H,35,40)(H,36,37)(H,41,42). The summed E-state index contributed by atoms with van der Waals surface area (Å²) in [6, 6.07) is 2.25. The number of para-hydroxylation sites is 1. The summed E-state index contributed by atoms with van der Waals surface area (Å²) in [4.78, 5) is 72.2. The van der Waals surface area contributed by atoms with E-state index in [0.29, 0.717) is 30.6 Å². The maximum atomic E-state index is 13.4. The summed E-state index contributed by atoms with van der Waals surface area (Å²) in [5.41, 5.74) is 13.2. The van der Waals surface area contributed by atoms with E-state index in [1.54, 1.807) is 6.20 Å². The average molecular weight is 585 g/mol. The lowest BCUT2D eigenvalue weighted by atomic mass is 10.0. The summed E-state index contributed by atoms with van der Waals surface area (Å²) in [5, 5.41) is 27.2. The van der Waals surface area contributed by atoms with E-state index < -0.39 is 60.2 Å². The topological polar surface area (TPSA) is 258 Å². The van der Waals surface area contributed by atoms with Gasteiger partial charge in [-0.3, -0.25) is 19.2 Å². The molecule has 3 aromatic rings. The fourth-order valence-corrected chi connectivity index (χ4v) is 4.41. The van der Waals surface area contributed by atoms with Crippen molar-refractivity contribution in [2.45, 2.75) is 62.7 Å². The Bertz CT molecular complexity index is 1370. The van der Waals surface area contributed by atoms with Crippen LogP contribution in [0.15, 0.2) is 43.0 Å². The zero-order chi connectivity index (χ0) is 30.6. The van der Waals surface area contributed by atoms with E-state index in [9.17, 15) is 29.1 Å². The molecule has 2 heterocycles. The SMILES string of the molecule is NCCCCC(NC(=O)C(N)CC(=O)O)C(=O)NC(Cc1cnc[nH]1)C(=O)NC(Cc1c[nH]c2ccccc12)C(=O)O. The summed E-state index contributed by atoms with van der Waals surface area (Å²) < 4.78 is 0. The van der Waals surface area contributed by atoms with Crippen molar-refractivity contribution in [3.63, 3.8) is 0 Å². The second kappa shape index (κ2) is 15.3. The third-order valence-corrected chi connectivity index (χ3v) is 6.64. The number of benzene rings is 1. The molecule has 2 aromatic heterocycles. The van der Waals surface area contributed by atoms with Gasteiger partial charge in [-0.2, -0.15) is 0 Å².